The molecule has 0 radical (unpaired) electrons. The largest absolute Gasteiger partial charge is 0.339 e. The van der Waals surface area contributed by atoms with Crippen LogP contribution in [0.5, 0.6) is 0 Å². The highest BCUT2D eigenvalue weighted by molar-refractivity contribution is 5.54. The molecule has 2 aromatic rings. The maximum Gasteiger partial charge on any atom is 0.228 e. The summed E-state index contributed by atoms with van der Waals surface area (Å²) in [5.74, 6) is 1.19. The lowest BCUT2D eigenvalue weighted by Gasteiger charge is -2.14. The third-order valence-corrected chi connectivity index (χ3v) is 2.38. The molecular weight excluding hydrogens is 214 g/mol. The lowest BCUT2D eigenvalue weighted by molar-refractivity contribution is 0.348. The Labute approximate surface area is 101 Å². The zero-order valence-electron chi connectivity index (χ0n) is 10.4. The maximum absolute atomic E-state index is 5.91. The van der Waals surface area contributed by atoms with Crippen LogP contribution in [0.3, 0.4) is 0 Å². The van der Waals surface area contributed by atoms with E-state index in [-0.39, 0.29) is 5.54 Å². The van der Waals surface area contributed by atoms with Crippen LogP contribution in [0.15, 0.2) is 28.8 Å². The predicted molar refractivity (Wildman–Crippen MR) is 66.4 cm³/mol. The van der Waals surface area contributed by atoms with Crippen molar-refractivity contribution in [2.24, 2.45) is 5.73 Å². The second-order valence-electron chi connectivity index (χ2n) is 5.04. The molecule has 0 atom stereocenters. The van der Waals surface area contributed by atoms with E-state index >= 15 is 0 Å². The van der Waals surface area contributed by atoms with E-state index in [0.717, 1.165) is 5.56 Å². The topological polar surface area (TPSA) is 64.9 Å². The molecule has 1 heterocycles. The lowest BCUT2D eigenvalue weighted by Crippen LogP contribution is -2.34. The molecule has 2 rings (SSSR count). The first kappa shape index (κ1) is 11.8. The number of rotatable bonds is 3. The van der Waals surface area contributed by atoms with Gasteiger partial charge < -0.3 is 10.3 Å². The van der Waals surface area contributed by atoms with Crippen LogP contribution in [0, 0.1) is 6.92 Å². The fraction of sp³-hybridized carbons (Fsp3) is 0.385. The molecule has 90 valence electrons. The Kier molecular flexibility index (Phi) is 2.98. The number of hydrogen-bond acceptors (Lipinski definition) is 4. The second kappa shape index (κ2) is 4.30. The molecule has 1 aromatic carbocycles. The molecule has 1 aromatic heterocycles. The summed E-state index contributed by atoms with van der Waals surface area (Å²) in [6.45, 7) is 5.91. The van der Waals surface area contributed by atoms with Crippen LogP contribution in [0.1, 0.15) is 25.3 Å². The Balaban J connectivity index is 2.21. The third-order valence-electron chi connectivity index (χ3n) is 2.38. The number of nitrogens with zero attached hydrogens (tertiary/aromatic N) is 2. The van der Waals surface area contributed by atoms with E-state index in [9.17, 15) is 0 Å². The molecule has 0 spiro atoms. The highest BCUT2D eigenvalue weighted by Gasteiger charge is 2.17. The molecule has 0 amide bonds. The third kappa shape index (κ3) is 3.14. The average Bonchev–Trinajstić information content (AvgIpc) is 2.64. The highest BCUT2D eigenvalue weighted by Crippen LogP contribution is 2.17. The average molecular weight is 231 g/mol. The van der Waals surface area contributed by atoms with Crippen molar-refractivity contribution in [1.29, 1.82) is 0 Å². The first-order valence-electron chi connectivity index (χ1n) is 5.62. The van der Waals surface area contributed by atoms with Crippen LogP contribution in [0.2, 0.25) is 0 Å². The van der Waals surface area contributed by atoms with Gasteiger partial charge >= 0.3 is 0 Å². The standard InChI is InChI=1S/C13H17N3O/c1-9-4-6-10(7-5-9)12-15-11(17-16-12)8-13(2,3)14/h4-7H,8,14H2,1-3H3. The monoisotopic (exact) mass is 231 g/mol. The zero-order valence-corrected chi connectivity index (χ0v) is 10.4. The van der Waals surface area contributed by atoms with E-state index in [1.54, 1.807) is 0 Å². The fourth-order valence-corrected chi connectivity index (χ4v) is 1.54. The van der Waals surface area contributed by atoms with E-state index in [2.05, 4.69) is 10.1 Å². The Hall–Kier alpha value is -1.68. The molecule has 4 nitrogen and oxygen atoms in total. The van der Waals surface area contributed by atoms with Crippen molar-refractivity contribution in [3.8, 4) is 11.4 Å². The summed E-state index contributed by atoms with van der Waals surface area (Å²) in [5, 5.41) is 3.96. The van der Waals surface area contributed by atoms with Crippen molar-refractivity contribution in [3.05, 3.63) is 35.7 Å². The molecule has 2 N–H and O–H groups in total. The molecule has 0 unspecified atom stereocenters. The maximum atomic E-state index is 5.91. The van der Waals surface area contributed by atoms with Gasteiger partial charge in [0.25, 0.3) is 0 Å². The Morgan fingerprint density at radius 1 is 1.24 bits per heavy atom. The normalized spacial score (nSPS) is 11.8. The second-order valence-corrected chi connectivity index (χ2v) is 5.04. The molecule has 0 saturated heterocycles. The minimum Gasteiger partial charge on any atom is -0.339 e. The lowest BCUT2D eigenvalue weighted by atomic mass is 10.0. The number of aromatic nitrogens is 2. The Morgan fingerprint density at radius 3 is 2.47 bits per heavy atom. The molecule has 0 aliphatic heterocycles. The van der Waals surface area contributed by atoms with Gasteiger partial charge in [-0.15, -0.1) is 0 Å². The Bertz CT molecular complexity index is 494. The zero-order chi connectivity index (χ0) is 12.5. The van der Waals surface area contributed by atoms with Crippen molar-refractivity contribution < 1.29 is 4.52 Å². The number of nitrogens with two attached hydrogens (primary N) is 1. The molecule has 0 aliphatic carbocycles. The number of aryl methyl sites for hydroxylation is 1. The van der Waals surface area contributed by atoms with Gasteiger partial charge in [0.15, 0.2) is 0 Å². The summed E-state index contributed by atoms with van der Waals surface area (Å²) in [6, 6.07) is 8.02. The van der Waals surface area contributed by atoms with E-state index in [0.29, 0.717) is 18.1 Å². The van der Waals surface area contributed by atoms with Crippen LogP contribution < -0.4 is 5.73 Å². The van der Waals surface area contributed by atoms with Gasteiger partial charge in [-0.05, 0) is 20.8 Å². The van der Waals surface area contributed by atoms with Gasteiger partial charge in [-0.25, -0.2) is 0 Å². The van der Waals surface area contributed by atoms with Crippen LogP contribution in [-0.2, 0) is 6.42 Å². The summed E-state index contributed by atoms with van der Waals surface area (Å²) >= 11 is 0. The molecule has 0 fully saturated rings. The van der Waals surface area contributed by atoms with Crippen LogP contribution in [-0.4, -0.2) is 15.7 Å². The van der Waals surface area contributed by atoms with Crippen molar-refractivity contribution in [2.45, 2.75) is 32.7 Å². The number of hydrogen-bond donors (Lipinski definition) is 1. The van der Waals surface area contributed by atoms with Crippen molar-refractivity contribution in [1.82, 2.24) is 10.1 Å². The summed E-state index contributed by atoms with van der Waals surface area (Å²) < 4.78 is 5.18. The van der Waals surface area contributed by atoms with Crippen LogP contribution in [0.25, 0.3) is 11.4 Å². The number of benzene rings is 1. The molecule has 4 heteroatoms. The van der Waals surface area contributed by atoms with E-state index < -0.39 is 0 Å². The van der Waals surface area contributed by atoms with Crippen LogP contribution in [0.4, 0.5) is 0 Å². The summed E-state index contributed by atoms with van der Waals surface area (Å²) in [6.07, 6.45) is 0.575. The first-order chi connectivity index (χ1) is 7.94. The molecular formula is C13H17N3O. The van der Waals surface area contributed by atoms with Gasteiger partial charge in [0, 0.05) is 17.5 Å². The summed E-state index contributed by atoms with van der Waals surface area (Å²) in [5.41, 5.74) is 7.74. The predicted octanol–water partition coefficient (Wildman–Crippen LogP) is 2.32. The summed E-state index contributed by atoms with van der Waals surface area (Å²) in [7, 11) is 0. The van der Waals surface area contributed by atoms with E-state index in [4.69, 9.17) is 10.3 Å². The van der Waals surface area contributed by atoms with Gasteiger partial charge in [-0.1, -0.05) is 35.0 Å². The van der Waals surface area contributed by atoms with Gasteiger partial charge in [-0.3, -0.25) is 0 Å². The smallest absolute Gasteiger partial charge is 0.228 e. The van der Waals surface area contributed by atoms with Gasteiger partial charge in [0.05, 0.1) is 0 Å². The van der Waals surface area contributed by atoms with E-state index in [1.807, 2.05) is 45.0 Å². The summed E-state index contributed by atoms with van der Waals surface area (Å²) in [4.78, 5) is 4.34. The quantitative estimate of drug-likeness (QED) is 0.880. The van der Waals surface area contributed by atoms with Gasteiger partial charge in [-0.2, -0.15) is 4.98 Å². The van der Waals surface area contributed by atoms with Gasteiger partial charge in [0.2, 0.25) is 11.7 Å². The minimum atomic E-state index is -0.336. The van der Waals surface area contributed by atoms with Crippen molar-refractivity contribution >= 4 is 0 Å². The highest BCUT2D eigenvalue weighted by atomic mass is 16.5. The Morgan fingerprint density at radius 2 is 1.88 bits per heavy atom. The molecule has 17 heavy (non-hydrogen) atoms. The van der Waals surface area contributed by atoms with E-state index in [1.165, 1.54) is 5.56 Å². The van der Waals surface area contributed by atoms with Crippen molar-refractivity contribution in [2.75, 3.05) is 0 Å². The molecule has 0 saturated carbocycles. The van der Waals surface area contributed by atoms with Crippen LogP contribution >= 0.6 is 0 Å². The SMILES string of the molecule is Cc1ccc(-c2noc(CC(C)(C)N)n2)cc1. The first-order valence-corrected chi connectivity index (χ1v) is 5.62. The molecule has 0 bridgehead atoms. The fourth-order valence-electron chi connectivity index (χ4n) is 1.54. The van der Waals surface area contributed by atoms with Gasteiger partial charge in [0.1, 0.15) is 0 Å². The van der Waals surface area contributed by atoms with Crippen molar-refractivity contribution in [3.63, 3.8) is 0 Å². The molecule has 0 aliphatic rings. The minimum absolute atomic E-state index is 0.336.